The molecule has 0 aliphatic carbocycles. The van der Waals surface area contributed by atoms with Gasteiger partial charge in [-0.15, -0.1) is 35.3 Å². The first-order valence-corrected chi connectivity index (χ1v) is 9.51. The maximum atomic E-state index is 6.10. The molecule has 142 valence electrons. The average Bonchev–Trinajstić information content (AvgIpc) is 2.98. The van der Waals surface area contributed by atoms with E-state index in [1.165, 1.54) is 5.56 Å². The van der Waals surface area contributed by atoms with E-state index in [1.54, 1.807) is 18.4 Å². The van der Waals surface area contributed by atoms with Crippen molar-refractivity contribution < 1.29 is 4.74 Å². The summed E-state index contributed by atoms with van der Waals surface area (Å²) in [6, 6.07) is 8.39. The number of nitrogens with one attached hydrogen (secondary N) is 2. The molecule has 0 fully saturated rings. The normalized spacial score (nSPS) is 18.3. The number of guanidine groups is 1. The van der Waals surface area contributed by atoms with Crippen LogP contribution in [0.3, 0.4) is 0 Å². The highest BCUT2D eigenvalue weighted by Crippen LogP contribution is 2.39. The first kappa shape index (κ1) is 21.0. The maximum Gasteiger partial charge on any atom is 0.191 e. The van der Waals surface area contributed by atoms with E-state index in [0.29, 0.717) is 0 Å². The Morgan fingerprint density at radius 3 is 2.85 bits per heavy atom. The number of ether oxygens (including phenoxy) is 1. The van der Waals surface area contributed by atoms with Crippen LogP contribution in [-0.2, 0) is 6.42 Å². The molecule has 0 bridgehead atoms. The van der Waals surface area contributed by atoms with Crippen molar-refractivity contribution in [3.8, 4) is 5.75 Å². The number of fused-ring (bicyclic) bond motifs is 1. The molecule has 2 heterocycles. The second-order valence-electron chi connectivity index (χ2n) is 6.91. The van der Waals surface area contributed by atoms with Crippen LogP contribution in [0.15, 0.2) is 34.6 Å². The third kappa shape index (κ3) is 5.33. The minimum absolute atomic E-state index is 0. The lowest BCUT2D eigenvalue weighted by Gasteiger charge is -2.38. The number of aromatic nitrogens is 1. The summed E-state index contributed by atoms with van der Waals surface area (Å²) in [5.74, 6) is 1.76. The summed E-state index contributed by atoms with van der Waals surface area (Å²) in [4.78, 5) is 8.87. The van der Waals surface area contributed by atoms with Gasteiger partial charge in [0.1, 0.15) is 11.4 Å². The van der Waals surface area contributed by atoms with Gasteiger partial charge in [0.25, 0.3) is 0 Å². The summed E-state index contributed by atoms with van der Waals surface area (Å²) in [5, 5.41) is 10.2. The molecular weight excluding hydrogens is 459 g/mol. The van der Waals surface area contributed by atoms with Crippen molar-refractivity contribution in [3.63, 3.8) is 0 Å². The summed E-state index contributed by atoms with van der Waals surface area (Å²) >= 11 is 1.69. The largest absolute Gasteiger partial charge is 0.487 e. The molecule has 0 radical (unpaired) electrons. The number of halogens is 1. The van der Waals surface area contributed by atoms with Crippen LogP contribution < -0.4 is 15.4 Å². The molecule has 1 aliphatic rings. The van der Waals surface area contributed by atoms with Crippen LogP contribution in [0.4, 0.5) is 0 Å². The van der Waals surface area contributed by atoms with E-state index in [0.717, 1.165) is 41.8 Å². The zero-order valence-corrected chi connectivity index (χ0v) is 18.9. The molecule has 1 unspecified atom stereocenters. The monoisotopic (exact) mass is 486 g/mol. The Bertz CT molecular complexity index is 760. The van der Waals surface area contributed by atoms with Gasteiger partial charge in [-0.25, -0.2) is 4.98 Å². The third-order valence-corrected chi connectivity index (χ3v) is 5.07. The van der Waals surface area contributed by atoms with Gasteiger partial charge in [0.2, 0.25) is 0 Å². The second-order valence-corrected chi connectivity index (χ2v) is 7.97. The second kappa shape index (κ2) is 9.03. The van der Waals surface area contributed by atoms with Crippen molar-refractivity contribution in [1.82, 2.24) is 15.6 Å². The zero-order chi connectivity index (χ0) is 17.9. The molecule has 1 atom stereocenters. The topological polar surface area (TPSA) is 58.5 Å². The number of para-hydroxylation sites is 1. The summed E-state index contributed by atoms with van der Waals surface area (Å²) in [7, 11) is 1.80. The number of nitrogens with zero attached hydrogens (tertiary/aromatic N) is 2. The Balaban J connectivity index is 0.00000243. The fourth-order valence-electron chi connectivity index (χ4n) is 3.12. The predicted molar refractivity (Wildman–Crippen MR) is 119 cm³/mol. The number of hydrogen-bond donors (Lipinski definition) is 2. The van der Waals surface area contributed by atoms with Crippen molar-refractivity contribution in [2.24, 2.45) is 4.99 Å². The summed E-state index contributed by atoms with van der Waals surface area (Å²) in [6.07, 6.45) is 1.77. The number of hydrogen-bond acceptors (Lipinski definition) is 4. The molecule has 0 spiro atoms. The Hall–Kier alpha value is -1.35. The standard InChI is InChI=1S/C19H26N4OS.HI/c1-13-22-14(12-25-13)9-10-21-18(20-4)23-16-11-19(2,3)24-17-8-6-5-7-15(16)17;/h5-8,12,16H,9-11H2,1-4H3,(H2,20,21,23);1H. The van der Waals surface area contributed by atoms with Gasteiger partial charge < -0.3 is 15.4 Å². The molecule has 1 aromatic carbocycles. The molecule has 7 heteroatoms. The molecule has 26 heavy (non-hydrogen) atoms. The van der Waals surface area contributed by atoms with Gasteiger partial charge in [-0.05, 0) is 26.8 Å². The van der Waals surface area contributed by atoms with Crippen molar-refractivity contribution in [1.29, 1.82) is 0 Å². The molecule has 1 aliphatic heterocycles. The number of rotatable bonds is 4. The van der Waals surface area contributed by atoms with E-state index in [9.17, 15) is 0 Å². The fraction of sp³-hybridized carbons (Fsp3) is 0.474. The van der Waals surface area contributed by atoms with Gasteiger partial charge in [0.15, 0.2) is 5.96 Å². The molecule has 0 amide bonds. The van der Waals surface area contributed by atoms with E-state index >= 15 is 0 Å². The smallest absolute Gasteiger partial charge is 0.191 e. The van der Waals surface area contributed by atoms with E-state index < -0.39 is 0 Å². The molecule has 3 rings (SSSR count). The number of aryl methyl sites for hydroxylation is 1. The van der Waals surface area contributed by atoms with E-state index in [1.807, 2.05) is 19.1 Å². The van der Waals surface area contributed by atoms with Gasteiger partial charge in [0, 0.05) is 37.4 Å². The first-order chi connectivity index (χ1) is 12.0. The Labute approximate surface area is 176 Å². The van der Waals surface area contributed by atoms with Gasteiger partial charge in [-0.2, -0.15) is 0 Å². The first-order valence-electron chi connectivity index (χ1n) is 8.63. The predicted octanol–water partition coefficient (Wildman–Crippen LogP) is 4.08. The molecule has 2 N–H and O–H groups in total. The lowest BCUT2D eigenvalue weighted by atomic mass is 9.90. The van der Waals surface area contributed by atoms with E-state index in [2.05, 4.69) is 52.0 Å². The quantitative estimate of drug-likeness (QED) is 0.389. The zero-order valence-electron chi connectivity index (χ0n) is 15.7. The van der Waals surface area contributed by atoms with Gasteiger partial charge in [-0.1, -0.05) is 18.2 Å². The van der Waals surface area contributed by atoms with Gasteiger partial charge in [0.05, 0.1) is 16.7 Å². The lowest BCUT2D eigenvalue weighted by molar-refractivity contribution is 0.0694. The SMILES string of the molecule is CN=C(NCCc1csc(C)n1)NC1CC(C)(C)Oc2ccccc21.I. The van der Waals surface area contributed by atoms with Crippen LogP contribution >= 0.6 is 35.3 Å². The van der Waals surface area contributed by atoms with Crippen molar-refractivity contribution in [3.05, 3.63) is 45.9 Å². The minimum Gasteiger partial charge on any atom is -0.487 e. The molecular formula is C19H27IN4OS. The fourth-order valence-corrected chi connectivity index (χ4v) is 3.77. The third-order valence-electron chi connectivity index (χ3n) is 4.25. The van der Waals surface area contributed by atoms with Crippen LogP contribution in [0, 0.1) is 6.92 Å². The minimum atomic E-state index is -0.205. The van der Waals surface area contributed by atoms with Gasteiger partial charge >= 0.3 is 0 Å². The summed E-state index contributed by atoms with van der Waals surface area (Å²) in [6.45, 7) is 7.08. The highest BCUT2D eigenvalue weighted by molar-refractivity contribution is 14.0. The Morgan fingerprint density at radius 1 is 1.38 bits per heavy atom. The molecule has 2 aromatic rings. The molecule has 0 saturated heterocycles. The molecule has 5 nitrogen and oxygen atoms in total. The van der Waals surface area contributed by atoms with Crippen LogP contribution in [0.5, 0.6) is 5.75 Å². The Morgan fingerprint density at radius 2 is 2.15 bits per heavy atom. The summed E-state index contributed by atoms with van der Waals surface area (Å²) in [5.41, 5.74) is 2.10. The van der Waals surface area contributed by atoms with Crippen LogP contribution in [-0.4, -0.2) is 30.1 Å². The number of thiazole rings is 1. The number of aliphatic imine (C=N–C) groups is 1. The van der Waals surface area contributed by atoms with Crippen molar-refractivity contribution in [2.75, 3.05) is 13.6 Å². The van der Waals surface area contributed by atoms with Crippen LogP contribution in [0.1, 0.15) is 42.6 Å². The van der Waals surface area contributed by atoms with E-state index in [-0.39, 0.29) is 35.6 Å². The summed E-state index contributed by atoms with van der Waals surface area (Å²) < 4.78 is 6.10. The van der Waals surface area contributed by atoms with Crippen molar-refractivity contribution >= 4 is 41.3 Å². The Kier molecular flexibility index (Phi) is 7.28. The number of benzene rings is 1. The van der Waals surface area contributed by atoms with Crippen LogP contribution in [0.25, 0.3) is 0 Å². The lowest BCUT2D eigenvalue weighted by Crippen LogP contribution is -2.45. The van der Waals surface area contributed by atoms with E-state index in [4.69, 9.17) is 4.74 Å². The van der Waals surface area contributed by atoms with Crippen LogP contribution in [0.2, 0.25) is 0 Å². The average molecular weight is 486 g/mol. The highest BCUT2D eigenvalue weighted by Gasteiger charge is 2.33. The molecule has 0 saturated carbocycles. The maximum absolute atomic E-state index is 6.10. The highest BCUT2D eigenvalue weighted by atomic mass is 127. The van der Waals surface area contributed by atoms with Gasteiger partial charge in [-0.3, -0.25) is 4.99 Å². The molecule has 1 aromatic heterocycles. The van der Waals surface area contributed by atoms with Crippen molar-refractivity contribution in [2.45, 2.75) is 45.3 Å².